The van der Waals surface area contributed by atoms with E-state index >= 15 is 0 Å². The van der Waals surface area contributed by atoms with Gasteiger partial charge in [-0.2, -0.15) is 5.10 Å². The van der Waals surface area contributed by atoms with Gasteiger partial charge < -0.3 is 14.6 Å². The normalized spacial score (nSPS) is 16.5. The Kier molecular flexibility index (Phi) is 4.58. The molecule has 3 aromatic rings. The highest BCUT2D eigenvalue weighted by molar-refractivity contribution is 5.94. The van der Waals surface area contributed by atoms with Gasteiger partial charge in [0.2, 0.25) is 5.88 Å². The summed E-state index contributed by atoms with van der Waals surface area (Å²) >= 11 is 0. The van der Waals surface area contributed by atoms with E-state index in [1.54, 1.807) is 35.4 Å². The molecule has 3 heterocycles. The minimum Gasteiger partial charge on any atom is -0.471 e. The van der Waals surface area contributed by atoms with Gasteiger partial charge in [-0.3, -0.25) is 4.79 Å². The summed E-state index contributed by atoms with van der Waals surface area (Å²) in [5.74, 6) is 0.106. The molecule has 1 atom stereocenters. The van der Waals surface area contributed by atoms with Crippen LogP contribution >= 0.6 is 0 Å². The van der Waals surface area contributed by atoms with Gasteiger partial charge in [0.25, 0.3) is 5.91 Å². The van der Waals surface area contributed by atoms with Crippen LogP contribution in [0, 0.1) is 12.7 Å². The minimum absolute atomic E-state index is 0.0792. The van der Waals surface area contributed by atoms with Crippen molar-refractivity contribution in [3.8, 4) is 17.0 Å². The Morgan fingerprint density at radius 2 is 2.00 bits per heavy atom. The molecule has 0 saturated carbocycles. The lowest BCUT2D eigenvalue weighted by Gasteiger charge is -2.16. The maximum absolute atomic E-state index is 13.1. The number of halogens is 1. The second-order valence-corrected chi connectivity index (χ2v) is 6.60. The largest absolute Gasteiger partial charge is 0.471 e. The molecule has 138 valence electrons. The van der Waals surface area contributed by atoms with Crippen molar-refractivity contribution in [1.29, 1.82) is 0 Å². The lowest BCUT2D eigenvalue weighted by Crippen LogP contribution is -2.31. The molecular weight excluding hydrogens is 347 g/mol. The van der Waals surface area contributed by atoms with Gasteiger partial charge in [-0.1, -0.05) is 12.1 Å². The van der Waals surface area contributed by atoms with Gasteiger partial charge in [0.1, 0.15) is 17.6 Å². The number of likely N-dealkylation sites (tertiary alicyclic amines) is 1. The van der Waals surface area contributed by atoms with Crippen LogP contribution in [0.5, 0.6) is 5.88 Å². The Bertz CT molecular complexity index is 937. The number of ether oxygens (including phenoxy) is 1. The predicted molar refractivity (Wildman–Crippen MR) is 97.9 cm³/mol. The molecule has 1 aliphatic heterocycles. The molecule has 1 aliphatic rings. The average molecular weight is 366 g/mol. The van der Waals surface area contributed by atoms with Gasteiger partial charge in [-0.15, -0.1) is 5.10 Å². The van der Waals surface area contributed by atoms with Crippen LogP contribution in [0.1, 0.15) is 22.6 Å². The molecule has 1 aromatic carbocycles. The van der Waals surface area contributed by atoms with Crippen LogP contribution in [0.2, 0.25) is 0 Å². The number of benzene rings is 1. The molecule has 7 heteroatoms. The number of aryl methyl sites for hydroxylation is 1. The van der Waals surface area contributed by atoms with Crippen molar-refractivity contribution >= 4 is 5.91 Å². The molecule has 1 fully saturated rings. The van der Waals surface area contributed by atoms with E-state index in [2.05, 4.69) is 15.2 Å². The Morgan fingerprint density at radius 1 is 1.19 bits per heavy atom. The third-order valence-electron chi connectivity index (χ3n) is 4.58. The van der Waals surface area contributed by atoms with Crippen LogP contribution in [-0.4, -0.2) is 45.2 Å². The van der Waals surface area contributed by atoms with Crippen LogP contribution in [0.3, 0.4) is 0 Å². The van der Waals surface area contributed by atoms with Gasteiger partial charge in [0.05, 0.1) is 12.2 Å². The van der Waals surface area contributed by atoms with Crippen molar-refractivity contribution in [2.75, 3.05) is 13.1 Å². The SMILES string of the molecule is Cc1ccc(OC2CCN(C(=O)c3cc(-c4ccc(F)cc4)c[nH]3)C2)nn1. The molecule has 0 radical (unpaired) electrons. The first-order chi connectivity index (χ1) is 13.1. The van der Waals surface area contributed by atoms with E-state index in [-0.39, 0.29) is 17.8 Å². The summed E-state index contributed by atoms with van der Waals surface area (Å²) in [4.78, 5) is 17.5. The topological polar surface area (TPSA) is 71.1 Å². The van der Waals surface area contributed by atoms with E-state index in [9.17, 15) is 9.18 Å². The molecule has 2 aromatic heterocycles. The van der Waals surface area contributed by atoms with E-state index in [4.69, 9.17) is 4.74 Å². The van der Waals surface area contributed by atoms with Gasteiger partial charge in [-0.25, -0.2) is 4.39 Å². The molecule has 6 nitrogen and oxygen atoms in total. The van der Waals surface area contributed by atoms with Crippen LogP contribution in [0.25, 0.3) is 11.1 Å². The molecule has 1 unspecified atom stereocenters. The number of H-pyrrole nitrogens is 1. The van der Waals surface area contributed by atoms with Gasteiger partial charge in [0, 0.05) is 25.2 Å². The minimum atomic E-state index is -0.285. The monoisotopic (exact) mass is 366 g/mol. The second kappa shape index (κ2) is 7.19. The van der Waals surface area contributed by atoms with E-state index in [0.717, 1.165) is 23.2 Å². The summed E-state index contributed by atoms with van der Waals surface area (Å²) in [6, 6.07) is 11.6. The lowest BCUT2D eigenvalue weighted by atomic mass is 10.1. The van der Waals surface area contributed by atoms with Crippen molar-refractivity contribution in [2.24, 2.45) is 0 Å². The maximum atomic E-state index is 13.1. The zero-order valence-corrected chi connectivity index (χ0v) is 14.9. The number of nitrogens with zero attached hydrogens (tertiary/aromatic N) is 3. The second-order valence-electron chi connectivity index (χ2n) is 6.60. The standard InChI is InChI=1S/C20H19FN4O2/c1-13-2-7-19(24-23-13)27-17-8-9-25(12-17)20(26)18-10-15(11-22-18)14-3-5-16(21)6-4-14/h2-7,10-11,17,22H,8-9,12H2,1H3. The number of amides is 1. The Labute approximate surface area is 156 Å². The summed E-state index contributed by atoms with van der Waals surface area (Å²) < 4.78 is 18.9. The molecule has 0 aliphatic carbocycles. The third-order valence-corrected chi connectivity index (χ3v) is 4.58. The summed E-state index contributed by atoms with van der Waals surface area (Å²) in [6.45, 7) is 2.98. The quantitative estimate of drug-likeness (QED) is 0.770. The van der Waals surface area contributed by atoms with Crippen LogP contribution in [0.4, 0.5) is 4.39 Å². The first-order valence-corrected chi connectivity index (χ1v) is 8.79. The Hall–Kier alpha value is -3.22. The number of aromatic nitrogens is 3. The maximum Gasteiger partial charge on any atom is 0.270 e. The molecule has 1 N–H and O–H groups in total. The number of nitrogens with one attached hydrogen (secondary N) is 1. The zero-order valence-electron chi connectivity index (χ0n) is 14.9. The van der Waals surface area contributed by atoms with Crippen LogP contribution in [-0.2, 0) is 0 Å². The highest BCUT2D eigenvalue weighted by atomic mass is 19.1. The molecule has 0 spiro atoms. The summed E-state index contributed by atoms with van der Waals surface area (Å²) in [7, 11) is 0. The number of rotatable bonds is 4. The lowest BCUT2D eigenvalue weighted by molar-refractivity contribution is 0.0766. The fourth-order valence-electron chi connectivity index (χ4n) is 3.13. The van der Waals surface area contributed by atoms with E-state index < -0.39 is 0 Å². The van der Waals surface area contributed by atoms with Gasteiger partial charge in [-0.05, 0) is 42.3 Å². The molecule has 4 rings (SSSR count). The third kappa shape index (κ3) is 3.81. The first-order valence-electron chi connectivity index (χ1n) is 8.79. The van der Waals surface area contributed by atoms with Crippen molar-refractivity contribution in [3.63, 3.8) is 0 Å². The van der Waals surface area contributed by atoms with Crippen LogP contribution in [0.15, 0.2) is 48.7 Å². The fraction of sp³-hybridized carbons (Fsp3) is 0.250. The smallest absolute Gasteiger partial charge is 0.270 e. The number of carbonyl (C=O) groups is 1. The van der Waals surface area contributed by atoms with Crippen molar-refractivity contribution in [1.82, 2.24) is 20.1 Å². The van der Waals surface area contributed by atoms with E-state index in [1.807, 2.05) is 13.0 Å². The predicted octanol–water partition coefficient (Wildman–Crippen LogP) is 3.21. The van der Waals surface area contributed by atoms with E-state index in [0.29, 0.717) is 24.7 Å². The van der Waals surface area contributed by atoms with Gasteiger partial charge in [0.15, 0.2) is 0 Å². The fourth-order valence-corrected chi connectivity index (χ4v) is 3.13. The van der Waals surface area contributed by atoms with E-state index in [1.165, 1.54) is 12.1 Å². The highest BCUT2D eigenvalue weighted by Gasteiger charge is 2.29. The molecule has 27 heavy (non-hydrogen) atoms. The highest BCUT2D eigenvalue weighted by Crippen LogP contribution is 2.23. The zero-order chi connectivity index (χ0) is 18.8. The van der Waals surface area contributed by atoms with Crippen LogP contribution < -0.4 is 4.74 Å². The number of carbonyl (C=O) groups excluding carboxylic acids is 1. The molecule has 1 saturated heterocycles. The van der Waals surface area contributed by atoms with Gasteiger partial charge >= 0.3 is 0 Å². The van der Waals surface area contributed by atoms with Crippen molar-refractivity contribution in [3.05, 3.63) is 65.9 Å². The van der Waals surface area contributed by atoms with Crippen molar-refractivity contribution in [2.45, 2.75) is 19.4 Å². The number of hydrogen-bond donors (Lipinski definition) is 1. The summed E-state index contributed by atoms with van der Waals surface area (Å²) in [5.41, 5.74) is 3.03. The number of aromatic amines is 1. The summed E-state index contributed by atoms with van der Waals surface area (Å²) in [6.07, 6.45) is 2.40. The average Bonchev–Trinajstić information content (AvgIpc) is 3.34. The Balaban J connectivity index is 1.40. The molecule has 0 bridgehead atoms. The molecular formula is C20H19FN4O2. The first kappa shape index (κ1) is 17.2. The number of hydrogen-bond acceptors (Lipinski definition) is 4. The molecule has 1 amide bonds. The Morgan fingerprint density at radius 3 is 2.74 bits per heavy atom. The summed E-state index contributed by atoms with van der Waals surface area (Å²) in [5, 5.41) is 7.98. The van der Waals surface area contributed by atoms with Crippen molar-refractivity contribution < 1.29 is 13.9 Å².